The molecule has 0 spiro atoms. The van der Waals surface area contributed by atoms with Crippen molar-refractivity contribution in [2.75, 3.05) is 19.6 Å². The van der Waals surface area contributed by atoms with Gasteiger partial charge in [-0.25, -0.2) is 4.79 Å². The van der Waals surface area contributed by atoms with E-state index in [0.29, 0.717) is 6.54 Å². The number of nitrogens with zero attached hydrogens (tertiary/aromatic N) is 1. The van der Waals surface area contributed by atoms with E-state index in [-0.39, 0.29) is 6.03 Å². The predicted molar refractivity (Wildman–Crippen MR) is 71.5 cm³/mol. The van der Waals surface area contributed by atoms with Gasteiger partial charge in [-0.05, 0) is 38.0 Å². The average molecular weight is 255 g/mol. The quantitative estimate of drug-likeness (QED) is 0.861. The Morgan fingerprint density at radius 3 is 2.35 bits per heavy atom. The van der Waals surface area contributed by atoms with Gasteiger partial charge in [-0.3, -0.25) is 0 Å². The number of benzene rings is 1. The third-order valence-corrected chi connectivity index (χ3v) is 2.91. The van der Waals surface area contributed by atoms with Gasteiger partial charge in [0.25, 0.3) is 0 Å². The second-order valence-corrected chi connectivity index (χ2v) is 4.22. The maximum absolute atomic E-state index is 11.6. The highest BCUT2D eigenvalue weighted by molar-refractivity contribution is 6.30. The molecule has 0 saturated carbocycles. The van der Waals surface area contributed by atoms with Gasteiger partial charge in [0.05, 0.1) is 0 Å². The monoisotopic (exact) mass is 254 g/mol. The summed E-state index contributed by atoms with van der Waals surface area (Å²) in [7, 11) is 0. The van der Waals surface area contributed by atoms with E-state index in [9.17, 15) is 4.79 Å². The number of urea groups is 1. The van der Waals surface area contributed by atoms with E-state index in [2.05, 4.69) is 5.32 Å². The first-order chi connectivity index (χ1) is 8.17. The van der Waals surface area contributed by atoms with Crippen molar-refractivity contribution in [3.63, 3.8) is 0 Å². The number of hydrogen-bond donors (Lipinski definition) is 1. The van der Waals surface area contributed by atoms with Gasteiger partial charge in [-0.15, -0.1) is 0 Å². The summed E-state index contributed by atoms with van der Waals surface area (Å²) in [6.45, 7) is 6.08. The van der Waals surface area contributed by atoms with Gasteiger partial charge in [0, 0.05) is 24.7 Å². The molecule has 0 radical (unpaired) electrons. The largest absolute Gasteiger partial charge is 0.338 e. The van der Waals surface area contributed by atoms with Gasteiger partial charge in [0.15, 0.2) is 0 Å². The van der Waals surface area contributed by atoms with Crippen molar-refractivity contribution in [2.45, 2.75) is 20.3 Å². The molecule has 0 aliphatic carbocycles. The molecule has 2 amide bonds. The number of amides is 2. The SMILES string of the molecule is CCN(CC)C(=O)NCCc1ccc(Cl)cc1. The maximum atomic E-state index is 11.6. The van der Waals surface area contributed by atoms with Gasteiger partial charge >= 0.3 is 6.03 Å². The van der Waals surface area contributed by atoms with Crippen molar-refractivity contribution in [3.05, 3.63) is 34.9 Å². The van der Waals surface area contributed by atoms with Crippen LogP contribution < -0.4 is 5.32 Å². The van der Waals surface area contributed by atoms with E-state index in [0.717, 1.165) is 24.5 Å². The molecule has 1 aromatic rings. The molecule has 0 aromatic heterocycles. The van der Waals surface area contributed by atoms with E-state index >= 15 is 0 Å². The molecule has 1 N–H and O–H groups in total. The molecule has 0 atom stereocenters. The van der Waals surface area contributed by atoms with E-state index in [1.165, 1.54) is 5.56 Å². The van der Waals surface area contributed by atoms with E-state index in [1.807, 2.05) is 38.1 Å². The molecule has 0 fully saturated rings. The highest BCUT2D eigenvalue weighted by Crippen LogP contribution is 2.09. The van der Waals surface area contributed by atoms with Gasteiger partial charge < -0.3 is 10.2 Å². The minimum atomic E-state index is 0.00367. The molecule has 3 nitrogen and oxygen atoms in total. The van der Waals surface area contributed by atoms with Crippen LogP contribution in [0.4, 0.5) is 4.79 Å². The molecule has 0 saturated heterocycles. The third-order valence-electron chi connectivity index (χ3n) is 2.65. The van der Waals surface area contributed by atoms with Crippen LogP contribution in [0.1, 0.15) is 19.4 Å². The first-order valence-electron chi connectivity index (χ1n) is 5.94. The number of carbonyl (C=O) groups is 1. The Kier molecular flexibility index (Phi) is 5.84. The van der Waals surface area contributed by atoms with Crippen LogP contribution in [0.2, 0.25) is 5.02 Å². The van der Waals surface area contributed by atoms with Crippen LogP contribution in [0.3, 0.4) is 0 Å². The minimum absolute atomic E-state index is 0.00367. The molecule has 17 heavy (non-hydrogen) atoms. The Morgan fingerprint density at radius 1 is 1.24 bits per heavy atom. The van der Waals surface area contributed by atoms with Crippen LogP contribution in [0, 0.1) is 0 Å². The van der Waals surface area contributed by atoms with Crippen molar-refractivity contribution >= 4 is 17.6 Å². The van der Waals surface area contributed by atoms with Gasteiger partial charge in [-0.1, -0.05) is 23.7 Å². The molecule has 0 heterocycles. The maximum Gasteiger partial charge on any atom is 0.317 e. The van der Waals surface area contributed by atoms with Crippen LogP contribution in [0.25, 0.3) is 0 Å². The lowest BCUT2D eigenvalue weighted by molar-refractivity contribution is 0.203. The normalized spacial score (nSPS) is 10.1. The zero-order valence-corrected chi connectivity index (χ0v) is 11.1. The van der Waals surface area contributed by atoms with E-state index in [1.54, 1.807) is 4.90 Å². The lowest BCUT2D eigenvalue weighted by Gasteiger charge is -2.19. The van der Waals surface area contributed by atoms with Crippen molar-refractivity contribution in [1.29, 1.82) is 0 Å². The fourth-order valence-electron chi connectivity index (χ4n) is 1.59. The Balaban J connectivity index is 2.32. The number of hydrogen-bond acceptors (Lipinski definition) is 1. The number of nitrogens with one attached hydrogen (secondary N) is 1. The van der Waals surface area contributed by atoms with Gasteiger partial charge in [0.2, 0.25) is 0 Å². The highest BCUT2D eigenvalue weighted by atomic mass is 35.5. The van der Waals surface area contributed by atoms with E-state index < -0.39 is 0 Å². The number of rotatable bonds is 5. The fraction of sp³-hybridized carbons (Fsp3) is 0.462. The molecule has 0 unspecified atom stereocenters. The Bertz CT molecular complexity index is 347. The standard InChI is InChI=1S/C13H19ClN2O/c1-3-16(4-2)13(17)15-10-9-11-5-7-12(14)8-6-11/h5-8H,3-4,9-10H2,1-2H3,(H,15,17). The lowest BCUT2D eigenvalue weighted by atomic mass is 10.1. The third kappa shape index (κ3) is 4.65. The molecular formula is C13H19ClN2O. The summed E-state index contributed by atoms with van der Waals surface area (Å²) in [5, 5.41) is 3.64. The first kappa shape index (κ1) is 13.8. The van der Waals surface area contributed by atoms with Crippen LogP contribution in [-0.2, 0) is 6.42 Å². The molecular weight excluding hydrogens is 236 g/mol. The summed E-state index contributed by atoms with van der Waals surface area (Å²) in [6, 6.07) is 7.69. The van der Waals surface area contributed by atoms with Crippen LogP contribution in [-0.4, -0.2) is 30.6 Å². The molecule has 1 aromatic carbocycles. The first-order valence-corrected chi connectivity index (χ1v) is 6.32. The predicted octanol–water partition coefficient (Wildman–Crippen LogP) is 2.93. The number of halogens is 1. The summed E-state index contributed by atoms with van der Waals surface area (Å²) < 4.78 is 0. The topological polar surface area (TPSA) is 32.3 Å². The summed E-state index contributed by atoms with van der Waals surface area (Å²) in [5.74, 6) is 0. The molecule has 94 valence electrons. The van der Waals surface area contributed by atoms with E-state index in [4.69, 9.17) is 11.6 Å². The van der Waals surface area contributed by atoms with Gasteiger partial charge in [-0.2, -0.15) is 0 Å². The molecule has 0 aliphatic rings. The van der Waals surface area contributed by atoms with Crippen molar-refractivity contribution < 1.29 is 4.79 Å². The molecule has 0 bridgehead atoms. The molecule has 4 heteroatoms. The molecule has 0 aliphatic heterocycles. The summed E-state index contributed by atoms with van der Waals surface area (Å²) in [6.07, 6.45) is 0.824. The van der Waals surface area contributed by atoms with Crippen molar-refractivity contribution in [3.8, 4) is 0 Å². The average Bonchev–Trinajstić information content (AvgIpc) is 2.33. The Morgan fingerprint density at radius 2 is 1.82 bits per heavy atom. The second kappa shape index (κ2) is 7.17. The summed E-state index contributed by atoms with van der Waals surface area (Å²) in [5.41, 5.74) is 1.18. The second-order valence-electron chi connectivity index (χ2n) is 3.78. The lowest BCUT2D eigenvalue weighted by Crippen LogP contribution is -2.40. The Hall–Kier alpha value is -1.22. The van der Waals surface area contributed by atoms with Gasteiger partial charge in [0.1, 0.15) is 0 Å². The minimum Gasteiger partial charge on any atom is -0.338 e. The van der Waals surface area contributed by atoms with Crippen molar-refractivity contribution in [1.82, 2.24) is 10.2 Å². The summed E-state index contributed by atoms with van der Waals surface area (Å²) in [4.78, 5) is 13.4. The highest BCUT2D eigenvalue weighted by Gasteiger charge is 2.07. The number of carbonyl (C=O) groups excluding carboxylic acids is 1. The van der Waals surface area contributed by atoms with Crippen LogP contribution in [0.15, 0.2) is 24.3 Å². The zero-order valence-electron chi connectivity index (χ0n) is 10.4. The van der Waals surface area contributed by atoms with Crippen LogP contribution >= 0.6 is 11.6 Å². The van der Waals surface area contributed by atoms with Crippen LogP contribution in [0.5, 0.6) is 0 Å². The smallest absolute Gasteiger partial charge is 0.317 e. The van der Waals surface area contributed by atoms with Crippen molar-refractivity contribution in [2.24, 2.45) is 0 Å². The zero-order chi connectivity index (χ0) is 12.7. The molecule has 1 rings (SSSR count). The Labute approximate surface area is 108 Å². The summed E-state index contributed by atoms with van der Waals surface area (Å²) >= 11 is 5.80. The fourth-order valence-corrected chi connectivity index (χ4v) is 1.71.